The fourth-order valence-electron chi connectivity index (χ4n) is 1.68. The number of aryl methyl sites for hydroxylation is 1. The largest absolute Gasteiger partial charge is 0.492 e. The van der Waals surface area contributed by atoms with Gasteiger partial charge in [-0.05, 0) is 31.2 Å². The summed E-state index contributed by atoms with van der Waals surface area (Å²) in [5.41, 5.74) is 0.0598. The van der Waals surface area contributed by atoms with E-state index in [0.29, 0.717) is 18.1 Å². The van der Waals surface area contributed by atoms with E-state index in [1.165, 1.54) is 6.07 Å². The van der Waals surface area contributed by atoms with Gasteiger partial charge in [0, 0.05) is 22.8 Å². The molecule has 104 valence electrons. The summed E-state index contributed by atoms with van der Waals surface area (Å²) in [6, 6.07) is 2.20. The maximum Gasteiger partial charge on any atom is 0.271 e. The summed E-state index contributed by atoms with van der Waals surface area (Å²) < 4.78 is 28.5. The number of halogens is 1. The van der Waals surface area contributed by atoms with Crippen LogP contribution in [0.1, 0.15) is 18.4 Å². The zero-order valence-electron chi connectivity index (χ0n) is 10.1. The summed E-state index contributed by atoms with van der Waals surface area (Å²) in [6.07, 6.45) is 2.10. The van der Waals surface area contributed by atoms with Gasteiger partial charge in [-0.1, -0.05) is 0 Å². The van der Waals surface area contributed by atoms with Gasteiger partial charge in [0.15, 0.2) is 0 Å². The van der Waals surface area contributed by atoms with Gasteiger partial charge in [-0.3, -0.25) is 10.1 Å². The lowest BCUT2D eigenvalue weighted by Gasteiger charge is -2.12. The van der Waals surface area contributed by atoms with Crippen LogP contribution < -0.4 is 4.74 Å². The molecule has 0 atom stereocenters. The number of rotatable bonds is 5. The van der Waals surface area contributed by atoms with Crippen LogP contribution in [0.5, 0.6) is 5.75 Å². The molecule has 0 radical (unpaired) electrons. The molecule has 0 spiro atoms. The fourth-order valence-corrected chi connectivity index (χ4v) is 2.73. The van der Waals surface area contributed by atoms with Crippen LogP contribution in [0.2, 0.25) is 0 Å². The highest BCUT2D eigenvalue weighted by atomic mass is 35.7. The number of nitrogens with zero attached hydrogens (tertiary/aromatic N) is 1. The monoisotopic (exact) mass is 305 g/mol. The summed E-state index contributed by atoms with van der Waals surface area (Å²) in [7, 11) is 1.22. The van der Waals surface area contributed by atoms with Crippen molar-refractivity contribution >= 4 is 25.4 Å². The third-order valence-corrected chi connectivity index (χ3v) is 4.19. The Kier molecular flexibility index (Phi) is 3.69. The molecule has 2 rings (SSSR count). The first-order valence-electron chi connectivity index (χ1n) is 5.65. The molecule has 1 aromatic carbocycles. The van der Waals surface area contributed by atoms with Crippen molar-refractivity contribution in [3.05, 3.63) is 27.8 Å². The van der Waals surface area contributed by atoms with Gasteiger partial charge < -0.3 is 4.74 Å². The van der Waals surface area contributed by atoms with Crippen molar-refractivity contribution in [3.63, 3.8) is 0 Å². The van der Waals surface area contributed by atoms with Crippen molar-refractivity contribution < 1.29 is 18.1 Å². The summed E-state index contributed by atoms with van der Waals surface area (Å²) in [5.74, 6) is 0.535. The molecule has 0 heterocycles. The maximum absolute atomic E-state index is 11.5. The summed E-state index contributed by atoms with van der Waals surface area (Å²) in [6.45, 7) is 1.96. The normalized spacial score (nSPS) is 15.3. The lowest BCUT2D eigenvalue weighted by molar-refractivity contribution is -0.385. The van der Waals surface area contributed by atoms with Crippen LogP contribution in [0.15, 0.2) is 17.0 Å². The number of non-ortho nitro benzene ring substituents is 1. The van der Waals surface area contributed by atoms with Crippen LogP contribution in [0, 0.1) is 23.0 Å². The fraction of sp³-hybridized carbons (Fsp3) is 0.455. The third-order valence-electron chi connectivity index (χ3n) is 2.86. The van der Waals surface area contributed by atoms with E-state index in [1.807, 2.05) is 0 Å². The molecule has 8 heteroatoms. The van der Waals surface area contributed by atoms with Crippen molar-refractivity contribution in [2.24, 2.45) is 5.92 Å². The Balaban J connectivity index is 2.46. The van der Waals surface area contributed by atoms with Gasteiger partial charge in [-0.25, -0.2) is 8.42 Å². The van der Waals surface area contributed by atoms with E-state index in [2.05, 4.69) is 0 Å². The molecule has 6 nitrogen and oxygen atoms in total. The second kappa shape index (κ2) is 4.97. The van der Waals surface area contributed by atoms with Crippen LogP contribution >= 0.6 is 10.7 Å². The predicted octanol–water partition coefficient (Wildman–Crippen LogP) is 2.62. The first kappa shape index (κ1) is 14.1. The highest BCUT2D eigenvalue weighted by Gasteiger charge is 2.27. The van der Waals surface area contributed by atoms with Gasteiger partial charge in [-0.15, -0.1) is 0 Å². The van der Waals surface area contributed by atoms with E-state index < -0.39 is 14.0 Å². The number of nitro benzene ring substituents is 1. The molecule has 0 N–H and O–H groups in total. The molecular formula is C11H12ClNO5S. The predicted molar refractivity (Wildman–Crippen MR) is 69.1 cm³/mol. The second-order valence-electron chi connectivity index (χ2n) is 4.54. The molecule has 1 saturated carbocycles. The lowest BCUT2D eigenvalue weighted by atomic mass is 10.2. The van der Waals surface area contributed by atoms with Gasteiger partial charge in [0.05, 0.1) is 11.5 Å². The quantitative estimate of drug-likeness (QED) is 0.474. The lowest BCUT2D eigenvalue weighted by Crippen LogP contribution is -2.06. The van der Waals surface area contributed by atoms with Gasteiger partial charge in [0.1, 0.15) is 10.6 Å². The summed E-state index contributed by atoms with van der Waals surface area (Å²) in [4.78, 5) is 9.74. The molecule has 1 fully saturated rings. The third kappa shape index (κ3) is 3.36. The molecule has 19 heavy (non-hydrogen) atoms. The van der Waals surface area contributed by atoms with Crippen LogP contribution in [-0.4, -0.2) is 19.9 Å². The van der Waals surface area contributed by atoms with Crippen LogP contribution in [0.3, 0.4) is 0 Å². The minimum atomic E-state index is -4.10. The van der Waals surface area contributed by atoms with Crippen molar-refractivity contribution in [2.45, 2.75) is 24.7 Å². The van der Waals surface area contributed by atoms with Crippen molar-refractivity contribution in [2.75, 3.05) is 6.61 Å². The molecule has 1 aliphatic carbocycles. The summed E-state index contributed by atoms with van der Waals surface area (Å²) >= 11 is 0. The van der Waals surface area contributed by atoms with Crippen LogP contribution in [-0.2, 0) is 9.05 Å². The van der Waals surface area contributed by atoms with E-state index in [-0.39, 0.29) is 16.3 Å². The Hall–Kier alpha value is -1.34. The molecule has 1 aromatic rings. The Morgan fingerprint density at radius 1 is 1.47 bits per heavy atom. The highest BCUT2D eigenvalue weighted by molar-refractivity contribution is 8.13. The van der Waals surface area contributed by atoms with Gasteiger partial charge in [-0.2, -0.15) is 0 Å². The number of nitro groups is 1. The zero-order valence-corrected chi connectivity index (χ0v) is 11.7. The zero-order chi connectivity index (χ0) is 14.2. The minimum absolute atomic E-state index is 0.104. The highest BCUT2D eigenvalue weighted by Crippen LogP contribution is 2.36. The topological polar surface area (TPSA) is 86.5 Å². The Bertz CT molecular complexity index is 624. The molecule has 0 bridgehead atoms. The minimum Gasteiger partial charge on any atom is -0.492 e. The van der Waals surface area contributed by atoms with E-state index >= 15 is 0 Å². The molecule has 0 saturated heterocycles. The number of ether oxygens (including phenoxy) is 1. The van der Waals surface area contributed by atoms with E-state index in [9.17, 15) is 18.5 Å². The van der Waals surface area contributed by atoms with Crippen molar-refractivity contribution in [1.29, 1.82) is 0 Å². The Morgan fingerprint density at radius 3 is 2.58 bits per heavy atom. The summed E-state index contributed by atoms with van der Waals surface area (Å²) in [5, 5.41) is 10.7. The van der Waals surface area contributed by atoms with E-state index in [4.69, 9.17) is 15.4 Å². The van der Waals surface area contributed by atoms with Crippen LogP contribution in [0.4, 0.5) is 5.69 Å². The first-order chi connectivity index (χ1) is 8.79. The van der Waals surface area contributed by atoms with Gasteiger partial charge in [0.2, 0.25) is 0 Å². The van der Waals surface area contributed by atoms with Gasteiger partial charge >= 0.3 is 0 Å². The smallest absolute Gasteiger partial charge is 0.271 e. The molecule has 0 unspecified atom stereocenters. The molecule has 0 aliphatic heterocycles. The van der Waals surface area contributed by atoms with E-state index in [1.54, 1.807) is 6.92 Å². The molecule has 0 aromatic heterocycles. The number of hydrogen-bond acceptors (Lipinski definition) is 5. The van der Waals surface area contributed by atoms with Gasteiger partial charge in [0.25, 0.3) is 14.7 Å². The molecule has 1 aliphatic rings. The van der Waals surface area contributed by atoms with Crippen LogP contribution in [0.25, 0.3) is 0 Å². The number of hydrogen-bond donors (Lipinski definition) is 0. The second-order valence-corrected chi connectivity index (χ2v) is 7.07. The van der Waals surface area contributed by atoms with Crippen molar-refractivity contribution in [3.8, 4) is 5.75 Å². The van der Waals surface area contributed by atoms with Crippen molar-refractivity contribution in [1.82, 2.24) is 0 Å². The molecular weight excluding hydrogens is 294 g/mol. The average molecular weight is 306 g/mol. The van der Waals surface area contributed by atoms with E-state index in [0.717, 1.165) is 18.9 Å². The SMILES string of the molecule is Cc1cc([N+](=O)[O-])cc(S(=O)(=O)Cl)c1OCC1CC1. The first-order valence-corrected chi connectivity index (χ1v) is 7.96. The Labute approximate surface area is 114 Å². The number of benzene rings is 1. The molecule has 0 amide bonds. The Morgan fingerprint density at radius 2 is 2.11 bits per heavy atom. The maximum atomic E-state index is 11.5. The average Bonchev–Trinajstić information content (AvgIpc) is 3.08. The standard InChI is InChI=1S/C11H12ClNO5S/c1-7-4-9(13(14)15)5-10(19(12,16)17)11(7)18-6-8-2-3-8/h4-5,8H,2-3,6H2,1H3.